The monoisotopic (exact) mass is 392 g/mol. The summed E-state index contributed by atoms with van der Waals surface area (Å²) < 4.78 is 39.9. The third-order valence-electron chi connectivity index (χ3n) is 4.77. The van der Waals surface area contributed by atoms with E-state index >= 15 is 0 Å². The van der Waals surface area contributed by atoms with E-state index in [1.807, 2.05) is 0 Å². The van der Waals surface area contributed by atoms with Crippen LogP contribution >= 0.6 is 11.3 Å². The molecule has 0 spiro atoms. The van der Waals surface area contributed by atoms with E-state index in [4.69, 9.17) is 0 Å². The third kappa shape index (κ3) is 2.65. The lowest BCUT2D eigenvalue weighted by molar-refractivity contribution is -0.241. The summed E-state index contributed by atoms with van der Waals surface area (Å²) in [4.78, 5) is 14.0. The maximum absolute atomic E-state index is 12.7. The molecule has 1 aliphatic carbocycles. The highest BCUT2D eigenvalue weighted by Gasteiger charge is 2.56. The van der Waals surface area contributed by atoms with Crippen molar-refractivity contribution in [2.45, 2.75) is 24.6 Å². The standard InChI is InChI=1S/C16H11F3N6OS/c17-16(18,19)10-2-15(26,3-10)11-1-8-4-20-12(23-13(8)27-11)9-5-21-14-24-22-7-25(14)6-9/h1,4-7,10,26H,2-3H2. The van der Waals surface area contributed by atoms with Crippen molar-refractivity contribution in [1.82, 2.24) is 29.5 Å². The van der Waals surface area contributed by atoms with Crippen LogP contribution in [0.2, 0.25) is 0 Å². The van der Waals surface area contributed by atoms with E-state index < -0.39 is 17.7 Å². The molecule has 5 rings (SSSR count). The quantitative estimate of drug-likeness (QED) is 0.564. The second-order valence-electron chi connectivity index (χ2n) is 6.62. The molecule has 1 fully saturated rings. The summed E-state index contributed by atoms with van der Waals surface area (Å²) in [6, 6.07) is 1.66. The van der Waals surface area contributed by atoms with E-state index in [-0.39, 0.29) is 12.8 Å². The zero-order valence-corrected chi connectivity index (χ0v) is 14.4. The largest absolute Gasteiger partial charge is 0.392 e. The number of halogens is 3. The molecule has 1 N–H and O–H groups in total. The Kier molecular flexibility index (Phi) is 3.32. The van der Waals surface area contributed by atoms with Crippen LogP contribution in [0.1, 0.15) is 17.7 Å². The van der Waals surface area contributed by atoms with Crippen LogP contribution in [0.3, 0.4) is 0 Å². The first-order valence-electron chi connectivity index (χ1n) is 8.04. The van der Waals surface area contributed by atoms with Gasteiger partial charge in [0, 0.05) is 28.9 Å². The molecular weight excluding hydrogens is 381 g/mol. The molecule has 0 aromatic carbocycles. The maximum Gasteiger partial charge on any atom is 0.392 e. The van der Waals surface area contributed by atoms with Gasteiger partial charge in [-0.15, -0.1) is 21.5 Å². The Labute approximate surface area is 153 Å². The number of aliphatic hydroxyl groups is 1. The fourth-order valence-corrected chi connectivity index (χ4v) is 4.35. The van der Waals surface area contributed by atoms with Crippen LogP contribution in [0.15, 0.2) is 31.0 Å². The second-order valence-corrected chi connectivity index (χ2v) is 7.65. The van der Waals surface area contributed by atoms with E-state index in [9.17, 15) is 18.3 Å². The molecule has 0 radical (unpaired) electrons. The minimum Gasteiger partial charge on any atom is -0.384 e. The van der Waals surface area contributed by atoms with E-state index in [1.54, 1.807) is 29.1 Å². The minimum atomic E-state index is -4.27. The number of hydrogen-bond donors (Lipinski definition) is 1. The van der Waals surface area contributed by atoms with Crippen LogP contribution in [0.25, 0.3) is 27.4 Å². The van der Waals surface area contributed by atoms with Gasteiger partial charge < -0.3 is 5.11 Å². The van der Waals surface area contributed by atoms with Crippen molar-refractivity contribution in [2.24, 2.45) is 5.92 Å². The fourth-order valence-electron chi connectivity index (χ4n) is 3.23. The van der Waals surface area contributed by atoms with Gasteiger partial charge in [-0.25, -0.2) is 15.0 Å². The van der Waals surface area contributed by atoms with Crippen molar-refractivity contribution >= 4 is 27.3 Å². The third-order valence-corrected chi connectivity index (χ3v) is 6.01. The van der Waals surface area contributed by atoms with Crippen molar-refractivity contribution in [3.8, 4) is 11.4 Å². The molecule has 0 unspecified atom stereocenters. The van der Waals surface area contributed by atoms with Gasteiger partial charge in [-0.3, -0.25) is 4.40 Å². The summed E-state index contributed by atoms with van der Waals surface area (Å²) in [5, 5.41) is 18.8. The Bertz CT molecular complexity index is 1160. The lowest BCUT2D eigenvalue weighted by Crippen LogP contribution is -2.46. The molecule has 0 bridgehead atoms. The predicted octanol–water partition coefficient (Wildman–Crippen LogP) is 2.96. The molecule has 7 nitrogen and oxygen atoms in total. The van der Waals surface area contributed by atoms with Crippen LogP contribution in [0, 0.1) is 5.92 Å². The van der Waals surface area contributed by atoms with Gasteiger partial charge in [-0.05, 0) is 18.9 Å². The normalized spacial score (nSPS) is 23.0. The highest BCUT2D eigenvalue weighted by Crippen LogP contribution is 2.54. The number of rotatable bonds is 2. The van der Waals surface area contributed by atoms with Crippen molar-refractivity contribution in [3.05, 3.63) is 35.9 Å². The summed E-state index contributed by atoms with van der Waals surface area (Å²) in [5.74, 6) is -0.589. The minimum absolute atomic E-state index is 0.322. The topological polar surface area (TPSA) is 89.1 Å². The predicted molar refractivity (Wildman–Crippen MR) is 89.9 cm³/mol. The Balaban J connectivity index is 1.48. The Morgan fingerprint density at radius 2 is 2.04 bits per heavy atom. The van der Waals surface area contributed by atoms with Gasteiger partial charge in [0.25, 0.3) is 5.78 Å². The molecule has 0 atom stereocenters. The van der Waals surface area contributed by atoms with Crippen molar-refractivity contribution in [1.29, 1.82) is 0 Å². The molecule has 4 heterocycles. The number of thiophene rings is 1. The molecule has 138 valence electrons. The van der Waals surface area contributed by atoms with Crippen LogP contribution in [-0.4, -0.2) is 40.8 Å². The smallest absolute Gasteiger partial charge is 0.384 e. The first-order chi connectivity index (χ1) is 12.8. The number of aromatic nitrogens is 6. The molecule has 4 aromatic heterocycles. The van der Waals surface area contributed by atoms with Gasteiger partial charge in [-0.1, -0.05) is 0 Å². The SMILES string of the molecule is OC1(c2cc3cnc(-c4cnc5nncn5c4)nc3s2)CC(C(F)(F)F)C1. The molecule has 11 heteroatoms. The van der Waals surface area contributed by atoms with Gasteiger partial charge >= 0.3 is 6.18 Å². The van der Waals surface area contributed by atoms with Gasteiger partial charge in [-0.2, -0.15) is 13.2 Å². The summed E-state index contributed by atoms with van der Waals surface area (Å²) in [6.07, 6.45) is 1.51. The molecule has 1 saturated carbocycles. The number of nitrogens with zero attached hydrogens (tertiary/aromatic N) is 6. The Hall–Kier alpha value is -2.66. The molecule has 27 heavy (non-hydrogen) atoms. The first kappa shape index (κ1) is 16.5. The van der Waals surface area contributed by atoms with Crippen molar-refractivity contribution in [3.63, 3.8) is 0 Å². The zero-order valence-electron chi connectivity index (χ0n) is 13.6. The van der Waals surface area contributed by atoms with E-state index in [0.717, 1.165) is 0 Å². The molecule has 0 saturated heterocycles. The average molecular weight is 392 g/mol. The van der Waals surface area contributed by atoms with E-state index in [1.165, 1.54) is 17.7 Å². The van der Waals surface area contributed by atoms with E-state index in [2.05, 4.69) is 25.1 Å². The second kappa shape index (κ2) is 5.42. The van der Waals surface area contributed by atoms with Crippen LogP contribution in [0.5, 0.6) is 0 Å². The summed E-state index contributed by atoms with van der Waals surface area (Å²) >= 11 is 1.19. The fraction of sp³-hybridized carbons (Fsp3) is 0.312. The zero-order chi connectivity index (χ0) is 18.8. The Morgan fingerprint density at radius 1 is 1.22 bits per heavy atom. The van der Waals surface area contributed by atoms with Gasteiger partial charge in [0.1, 0.15) is 16.8 Å². The lowest BCUT2D eigenvalue weighted by atomic mass is 9.70. The van der Waals surface area contributed by atoms with Gasteiger partial charge in [0.15, 0.2) is 5.82 Å². The molecule has 1 aliphatic rings. The lowest BCUT2D eigenvalue weighted by Gasteiger charge is -2.43. The molecule has 0 amide bonds. The van der Waals surface area contributed by atoms with Crippen molar-refractivity contribution in [2.75, 3.05) is 0 Å². The van der Waals surface area contributed by atoms with Gasteiger partial charge in [0.2, 0.25) is 0 Å². The highest BCUT2D eigenvalue weighted by atomic mass is 32.1. The maximum atomic E-state index is 12.7. The first-order valence-corrected chi connectivity index (χ1v) is 8.85. The summed E-state index contributed by atoms with van der Waals surface area (Å²) in [7, 11) is 0. The average Bonchev–Trinajstić information content (AvgIpc) is 3.23. The molecule has 0 aliphatic heterocycles. The van der Waals surface area contributed by atoms with Crippen molar-refractivity contribution < 1.29 is 18.3 Å². The van der Waals surface area contributed by atoms with Crippen LogP contribution in [0.4, 0.5) is 13.2 Å². The highest BCUT2D eigenvalue weighted by molar-refractivity contribution is 7.18. The van der Waals surface area contributed by atoms with Crippen LogP contribution < -0.4 is 0 Å². The summed E-state index contributed by atoms with van der Waals surface area (Å²) in [6.45, 7) is 0. The van der Waals surface area contributed by atoms with E-state index in [0.29, 0.717) is 32.3 Å². The Morgan fingerprint density at radius 3 is 2.81 bits per heavy atom. The number of alkyl halides is 3. The number of hydrogen-bond acceptors (Lipinski definition) is 7. The number of fused-ring (bicyclic) bond motifs is 2. The molecule has 4 aromatic rings. The summed E-state index contributed by atoms with van der Waals surface area (Å²) in [5.41, 5.74) is -0.798. The van der Waals surface area contributed by atoms with Crippen LogP contribution in [-0.2, 0) is 5.60 Å². The molecular formula is C16H11F3N6OS. The van der Waals surface area contributed by atoms with Gasteiger partial charge in [0.05, 0.1) is 11.5 Å².